The Labute approximate surface area is 263 Å². The van der Waals surface area contributed by atoms with Gasteiger partial charge in [-0.2, -0.15) is 0 Å². The SMILES string of the molecule is CC(C)C.CC(C)c1ccccc1.CC(C)c1ccccc1.CC(C)c1ccccc1.CC=CC(C)C.COC(C)C. The van der Waals surface area contributed by atoms with Crippen LogP contribution in [0.2, 0.25) is 0 Å². The summed E-state index contributed by atoms with van der Waals surface area (Å²) in [5, 5.41) is 0. The largest absolute Gasteiger partial charge is 0.382 e. The Morgan fingerprint density at radius 2 is 0.667 bits per heavy atom. The van der Waals surface area contributed by atoms with Crippen LogP contribution in [-0.2, 0) is 4.74 Å². The van der Waals surface area contributed by atoms with Crippen LogP contribution in [0.15, 0.2) is 103 Å². The predicted molar refractivity (Wildman–Crippen MR) is 194 cm³/mol. The van der Waals surface area contributed by atoms with Crippen molar-refractivity contribution in [1.82, 2.24) is 0 Å². The third kappa shape index (κ3) is 33.6. The fourth-order valence-electron chi connectivity index (χ4n) is 2.90. The summed E-state index contributed by atoms with van der Waals surface area (Å²) in [4.78, 5) is 0. The van der Waals surface area contributed by atoms with Gasteiger partial charge in [-0.15, -0.1) is 0 Å². The Morgan fingerprint density at radius 1 is 0.452 bits per heavy atom. The molecule has 3 aromatic carbocycles. The monoisotopic (exact) mass is 577 g/mol. The summed E-state index contributed by atoms with van der Waals surface area (Å²) >= 11 is 0. The van der Waals surface area contributed by atoms with E-state index in [1.807, 2.05) is 39.0 Å². The number of hydrogen-bond acceptors (Lipinski definition) is 1. The average Bonchev–Trinajstić information content (AvgIpc) is 2.95. The summed E-state index contributed by atoms with van der Waals surface area (Å²) in [6.45, 7) is 30.1. The van der Waals surface area contributed by atoms with E-state index in [1.54, 1.807) is 7.11 Å². The van der Waals surface area contributed by atoms with E-state index < -0.39 is 0 Å². The minimum atomic E-state index is 0.384. The molecule has 0 aliphatic heterocycles. The minimum absolute atomic E-state index is 0.384. The highest BCUT2D eigenvalue weighted by Gasteiger charge is 1.95. The predicted octanol–water partition coefficient (Wildman–Crippen LogP) is 13.4. The number of methoxy groups -OCH3 is 1. The minimum Gasteiger partial charge on any atom is -0.382 e. The third-order valence-corrected chi connectivity index (χ3v) is 5.45. The molecular formula is C41H68O. The Kier molecular flexibility index (Phi) is 31.1. The van der Waals surface area contributed by atoms with E-state index in [9.17, 15) is 0 Å². The van der Waals surface area contributed by atoms with E-state index in [4.69, 9.17) is 4.74 Å². The molecule has 3 rings (SSSR count). The molecule has 238 valence electrons. The van der Waals surface area contributed by atoms with Gasteiger partial charge in [-0.3, -0.25) is 0 Å². The number of rotatable bonds is 5. The van der Waals surface area contributed by atoms with E-state index in [2.05, 4.69) is 161 Å². The van der Waals surface area contributed by atoms with Crippen molar-refractivity contribution < 1.29 is 4.74 Å². The molecule has 0 amide bonds. The lowest BCUT2D eigenvalue weighted by Crippen LogP contribution is -1.94. The molecule has 1 heteroatoms. The quantitative estimate of drug-likeness (QED) is 0.274. The molecule has 1 nitrogen and oxygen atoms in total. The van der Waals surface area contributed by atoms with E-state index in [0.29, 0.717) is 23.9 Å². The zero-order valence-electron chi connectivity index (χ0n) is 30.2. The van der Waals surface area contributed by atoms with Crippen molar-refractivity contribution in [3.63, 3.8) is 0 Å². The molecule has 42 heavy (non-hydrogen) atoms. The van der Waals surface area contributed by atoms with Gasteiger partial charge >= 0.3 is 0 Å². The highest BCUT2D eigenvalue weighted by molar-refractivity contribution is 5.19. The van der Waals surface area contributed by atoms with Crippen LogP contribution in [0.4, 0.5) is 0 Å². The van der Waals surface area contributed by atoms with E-state index in [1.165, 1.54) is 16.7 Å². The molecule has 0 N–H and O–H groups in total. The van der Waals surface area contributed by atoms with Gasteiger partial charge in [0.05, 0.1) is 6.10 Å². The lowest BCUT2D eigenvalue weighted by Gasteiger charge is -2.01. The normalized spacial score (nSPS) is 10.1. The maximum Gasteiger partial charge on any atom is 0.0515 e. The Balaban J connectivity index is -0.000000446. The van der Waals surface area contributed by atoms with Crippen molar-refractivity contribution in [3.8, 4) is 0 Å². The second kappa shape index (κ2) is 29.8. The van der Waals surface area contributed by atoms with Crippen molar-refractivity contribution in [2.45, 2.75) is 121 Å². The molecule has 3 aromatic rings. The standard InChI is InChI=1S/3C9H12.C6H12.C4H10O.C4H10/c3*1-8(2)9-6-4-3-5-7-9;1-4-5-6(2)3;1-4(2)5-3;1-4(2)3/h3*3-8H,1-2H3;4-6H,1-3H3;4H,1-3H3;4H,1-3H3. The summed E-state index contributed by atoms with van der Waals surface area (Å²) in [7, 11) is 1.70. The Hall–Kier alpha value is -2.64. The van der Waals surface area contributed by atoms with Gasteiger partial charge in [0.1, 0.15) is 0 Å². The van der Waals surface area contributed by atoms with Gasteiger partial charge in [0.25, 0.3) is 0 Å². The van der Waals surface area contributed by atoms with Gasteiger partial charge < -0.3 is 4.74 Å². The highest BCUT2D eigenvalue weighted by Crippen LogP contribution is 2.13. The average molecular weight is 577 g/mol. The highest BCUT2D eigenvalue weighted by atomic mass is 16.5. The summed E-state index contributed by atoms with van der Waals surface area (Å²) in [6, 6.07) is 31.6. The first-order chi connectivity index (χ1) is 19.7. The van der Waals surface area contributed by atoms with Crippen LogP contribution in [0.3, 0.4) is 0 Å². The van der Waals surface area contributed by atoms with Crippen molar-refractivity contribution in [3.05, 3.63) is 120 Å². The summed E-state index contributed by atoms with van der Waals surface area (Å²) in [5.41, 5.74) is 4.24. The van der Waals surface area contributed by atoms with Crippen molar-refractivity contribution in [1.29, 1.82) is 0 Å². The molecule has 0 saturated heterocycles. The molecule has 0 unspecified atom stereocenters. The first-order valence-electron chi connectivity index (χ1n) is 16.0. The van der Waals surface area contributed by atoms with Gasteiger partial charge in [0.15, 0.2) is 0 Å². The third-order valence-electron chi connectivity index (χ3n) is 5.45. The molecule has 0 bridgehead atoms. The summed E-state index contributed by atoms with van der Waals surface area (Å²) in [6.07, 6.45) is 4.62. The fourth-order valence-corrected chi connectivity index (χ4v) is 2.90. The van der Waals surface area contributed by atoms with Gasteiger partial charge in [-0.05, 0) is 67.1 Å². The van der Waals surface area contributed by atoms with Crippen LogP contribution >= 0.6 is 0 Å². The second-order valence-corrected chi connectivity index (χ2v) is 12.5. The summed E-state index contributed by atoms with van der Waals surface area (Å²) < 4.78 is 4.75. The lowest BCUT2D eigenvalue weighted by atomic mass is 10.0. The molecule has 0 aromatic heterocycles. The molecule has 0 aliphatic carbocycles. The van der Waals surface area contributed by atoms with Crippen LogP contribution in [0.25, 0.3) is 0 Å². The van der Waals surface area contributed by atoms with Gasteiger partial charge in [0, 0.05) is 7.11 Å². The number of allylic oxidation sites excluding steroid dienone is 2. The molecular weight excluding hydrogens is 508 g/mol. The van der Waals surface area contributed by atoms with Gasteiger partial charge in [-0.1, -0.05) is 179 Å². The molecule has 0 radical (unpaired) electrons. The van der Waals surface area contributed by atoms with E-state index in [-0.39, 0.29) is 0 Å². The van der Waals surface area contributed by atoms with Crippen molar-refractivity contribution in [2.75, 3.05) is 7.11 Å². The van der Waals surface area contributed by atoms with Gasteiger partial charge in [-0.25, -0.2) is 0 Å². The zero-order chi connectivity index (χ0) is 32.9. The molecule has 0 fully saturated rings. The second-order valence-electron chi connectivity index (χ2n) is 12.5. The summed E-state index contributed by atoms with van der Waals surface area (Å²) in [5.74, 6) is 3.53. The maximum absolute atomic E-state index is 4.75. The molecule has 0 atom stereocenters. The molecule has 0 aliphatic rings. The van der Waals surface area contributed by atoms with Crippen LogP contribution in [0, 0.1) is 11.8 Å². The molecule has 0 saturated carbocycles. The number of hydrogen-bond donors (Lipinski definition) is 0. The maximum atomic E-state index is 4.75. The fraction of sp³-hybridized carbons (Fsp3) is 0.512. The number of ether oxygens (including phenoxy) is 1. The Bertz CT molecular complexity index is 814. The van der Waals surface area contributed by atoms with Crippen molar-refractivity contribution >= 4 is 0 Å². The van der Waals surface area contributed by atoms with Crippen molar-refractivity contribution in [2.24, 2.45) is 11.8 Å². The van der Waals surface area contributed by atoms with Gasteiger partial charge in [0.2, 0.25) is 0 Å². The molecule has 0 heterocycles. The lowest BCUT2D eigenvalue weighted by molar-refractivity contribution is 0.134. The first-order valence-corrected chi connectivity index (χ1v) is 16.0. The van der Waals surface area contributed by atoms with Crippen LogP contribution in [0.1, 0.15) is 131 Å². The van der Waals surface area contributed by atoms with E-state index in [0.717, 1.165) is 11.8 Å². The first kappa shape index (κ1) is 43.8. The van der Waals surface area contributed by atoms with Crippen LogP contribution in [0.5, 0.6) is 0 Å². The topological polar surface area (TPSA) is 9.23 Å². The number of benzene rings is 3. The van der Waals surface area contributed by atoms with Crippen LogP contribution < -0.4 is 0 Å². The van der Waals surface area contributed by atoms with Crippen LogP contribution in [-0.4, -0.2) is 13.2 Å². The smallest absolute Gasteiger partial charge is 0.0515 e. The molecule has 0 spiro atoms. The zero-order valence-corrected chi connectivity index (χ0v) is 30.2. The Morgan fingerprint density at radius 3 is 0.738 bits per heavy atom. The van der Waals surface area contributed by atoms with E-state index >= 15 is 0 Å².